The molecule has 1 aliphatic heterocycles. The zero-order valence-corrected chi connectivity index (χ0v) is 20.2. The van der Waals surface area contributed by atoms with E-state index >= 15 is 0 Å². The van der Waals surface area contributed by atoms with Gasteiger partial charge in [0, 0.05) is 38.0 Å². The zero-order valence-electron chi connectivity index (χ0n) is 20.2. The highest BCUT2D eigenvalue weighted by atomic mass is 19.1. The van der Waals surface area contributed by atoms with E-state index in [4.69, 9.17) is 15.1 Å². The first-order chi connectivity index (χ1) is 15.7. The summed E-state index contributed by atoms with van der Waals surface area (Å²) in [7, 11) is 0. The number of rotatable bonds is 4. The van der Waals surface area contributed by atoms with Crippen LogP contribution >= 0.6 is 0 Å². The molecule has 0 spiro atoms. The number of halogens is 1. The second-order valence-corrected chi connectivity index (χ2v) is 9.77. The Hall–Kier alpha value is -3.03. The fraction of sp³-hybridized carbons (Fsp3) is 0.520. The molecule has 0 radical (unpaired) electrons. The lowest BCUT2D eigenvalue weighted by molar-refractivity contribution is -0.139. The number of carbonyl (C=O) groups excluding carboxylic acids is 1. The molecule has 7 nitrogen and oxygen atoms in total. The van der Waals surface area contributed by atoms with Crippen LogP contribution in [0.5, 0.6) is 0 Å². The molecule has 0 N–H and O–H groups in total. The summed E-state index contributed by atoms with van der Waals surface area (Å²) in [5.74, 6) is 1.55. The summed E-state index contributed by atoms with van der Waals surface area (Å²) in [5, 5.41) is 5.66. The van der Waals surface area contributed by atoms with E-state index < -0.39 is 5.41 Å². The summed E-state index contributed by atoms with van der Waals surface area (Å²) in [6, 6.07) is 6.29. The molecular weight excluding hydrogens is 419 g/mol. The number of hydrogen-bond donors (Lipinski definition) is 0. The number of anilines is 1. The van der Waals surface area contributed by atoms with Gasteiger partial charge in [-0.05, 0) is 44.0 Å². The maximum atomic E-state index is 13.5. The number of benzene rings is 1. The smallest absolute Gasteiger partial charge is 0.228 e. The van der Waals surface area contributed by atoms with Gasteiger partial charge in [0.2, 0.25) is 5.91 Å². The van der Waals surface area contributed by atoms with E-state index in [1.165, 1.54) is 12.1 Å². The molecule has 1 aromatic carbocycles. The van der Waals surface area contributed by atoms with Gasteiger partial charge in [0.15, 0.2) is 5.65 Å². The van der Waals surface area contributed by atoms with Crippen molar-refractivity contribution in [2.75, 3.05) is 31.1 Å². The van der Waals surface area contributed by atoms with Gasteiger partial charge < -0.3 is 9.80 Å². The molecular formula is C25H33FN6O. The van der Waals surface area contributed by atoms with Crippen LogP contribution in [0.4, 0.5) is 10.2 Å². The predicted octanol–water partition coefficient (Wildman–Crippen LogP) is 4.30. The third-order valence-electron chi connectivity index (χ3n) is 6.00. The Kier molecular flexibility index (Phi) is 6.36. The third-order valence-corrected chi connectivity index (χ3v) is 6.00. The van der Waals surface area contributed by atoms with Gasteiger partial charge >= 0.3 is 0 Å². The molecule has 1 saturated heterocycles. The standard InChI is InChI=1S/C25H33FN6O/c1-6-8-20-27-22(30-13-7-14-31(16-15-30)24(33)25(3,4)5)21-17(2)29-32(23(21)28-20)19-11-9-18(26)10-12-19/h9-12H,6-8,13-16H2,1-5H3. The molecule has 33 heavy (non-hydrogen) atoms. The number of aryl methyl sites for hydroxylation is 2. The molecule has 0 aliphatic carbocycles. The van der Waals surface area contributed by atoms with Crippen molar-refractivity contribution >= 4 is 22.8 Å². The molecule has 1 amide bonds. The lowest BCUT2D eigenvalue weighted by atomic mass is 9.94. The second-order valence-electron chi connectivity index (χ2n) is 9.77. The van der Waals surface area contributed by atoms with Gasteiger partial charge in [0.1, 0.15) is 17.5 Å². The highest BCUT2D eigenvalue weighted by Crippen LogP contribution is 2.30. The topological polar surface area (TPSA) is 67.2 Å². The maximum Gasteiger partial charge on any atom is 0.228 e. The summed E-state index contributed by atoms with van der Waals surface area (Å²) in [6.07, 6.45) is 2.57. The van der Waals surface area contributed by atoms with E-state index in [0.29, 0.717) is 13.1 Å². The minimum Gasteiger partial charge on any atom is -0.354 e. The van der Waals surface area contributed by atoms with Gasteiger partial charge in [-0.3, -0.25) is 4.79 Å². The van der Waals surface area contributed by atoms with Crippen LogP contribution in [0.15, 0.2) is 24.3 Å². The van der Waals surface area contributed by atoms with Crippen molar-refractivity contribution < 1.29 is 9.18 Å². The number of fused-ring (bicyclic) bond motifs is 1. The van der Waals surface area contributed by atoms with Crippen LogP contribution < -0.4 is 4.90 Å². The minimum atomic E-state index is -0.390. The van der Waals surface area contributed by atoms with Gasteiger partial charge in [-0.2, -0.15) is 5.10 Å². The Morgan fingerprint density at radius 2 is 1.79 bits per heavy atom. The highest BCUT2D eigenvalue weighted by molar-refractivity contribution is 5.91. The third kappa shape index (κ3) is 4.70. The Balaban J connectivity index is 1.75. The van der Waals surface area contributed by atoms with Gasteiger partial charge in [-0.15, -0.1) is 0 Å². The normalized spacial score (nSPS) is 15.2. The van der Waals surface area contributed by atoms with Gasteiger partial charge in [0.25, 0.3) is 0 Å². The van der Waals surface area contributed by atoms with Crippen LogP contribution in [-0.4, -0.2) is 56.7 Å². The molecule has 2 aromatic heterocycles. The Bertz CT molecular complexity index is 1150. The van der Waals surface area contributed by atoms with Crippen LogP contribution in [0.3, 0.4) is 0 Å². The predicted molar refractivity (Wildman–Crippen MR) is 128 cm³/mol. The van der Waals surface area contributed by atoms with Crippen LogP contribution in [0.2, 0.25) is 0 Å². The quantitative estimate of drug-likeness (QED) is 0.590. The lowest BCUT2D eigenvalue weighted by Gasteiger charge is -2.28. The van der Waals surface area contributed by atoms with Gasteiger partial charge in [-0.25, -0.2) is 19.0 Å². The van der Waals surface area contributed by atoms with Crippen LogP contribution in [-0.2, 0) is 11.2 Å². The van der Waals surface area contributed by atoms with E-state index in [2.05, 4.69) is 11.8 Å². The van der Waals surface area contributed by atoms with E-state index in [1.807, 2.05) is 32.6 Å². The van der Waals surface area contributed by atoms with E-state index in [-0.39, 0.29) is 11.7 Å². The van der Waals surface area contributed by atoms with Crippen molar-refractivity contribution in [1.82, 2.24) is 24.6 Å². The van der Waals surface area contributed by atoms with Gasteiger partial charge in [0.05, 0.1) is 16.8 Å². The van der Waals surface area contributed by atoms with Crippen molar-refractivity contribution in [1.29, 1.82) is 0 Å². The summed E-state index contributed by atoms with van der Waals surface area (Å²) < 4.78 is 15.3. The highest BCUT2D eigenvalue weighted by Gasteiger charge is 2.30. The molecule has 176 valence electrons. The SMILES string of the molecule is CCCc1nc(N2CCCN(C(=O)C(C)(C)C)CC2)c2c(C)nn(-c3ccc(F)cc3)c2n1. The molecule has 4 rings (SSSR count). The largest absolute Gasteiger partial charge is 0.354 e. The van der Waals surface area contributed by atoms with Crippen LogP contribution in [0.25, 0.3) is 16.7 Å². The minimum absolute atomic E-state index is 0.184. The summed E-state index contributed by atoms with van der Waals surface area (Å²) >= 11 is 0. The van der Waals surface area contributed by atoms with Crippen LogP contribution in [0, 0.1) is 18.2 Å². The molecule has 8 heteroatoms. The van der Waals surface area contributed by atoms with Crippen molar-refractivity contribution in [2.24, 2.45) is 5.41 Å². The Morgan fingerprint density at radius 3 is 2.45 bits per heavy atom. The number of amides is 1. The number of nitrogens with zero attached hydrogens (tertiary/aromatic N) is 6. The van der Waals surface area contributed by atoms with Gasteiger partial charge in [-0.1, -0.05) is 27.7 Å². The first-order valence-corrected chi connectivity index (χ1v) is 11.8. The van der Waals surface area contributed by atoms with Crippen molar-refractivity contribution in [2.45, 2.75) is 53.9 Å². The van der Waals surface area contributed by atoms with Crippen molar-refractivity contribution in [3.63, 3.8) is 0 Å². The summed E-state index contributed by atoms with van der Waals surface area (Å²) in [4.78, 5) is 26.9. The number of aromatic nitrogens is 4. The molecule has 0 saturated carbocycles. The first-order valence-electron chi connectivity index (χ1n) is 11.8. The van der Waals surface area contributed by atoms with Crippen LogP contribution in [0.1, 0.15) is 52.1 Å². The number of hydrogen-bond acceptors (Lipinski definition) is 5. The molecule has 3 heterocycles. The summed E-state index contributed by atoms with van der Waals surface area (Å²) in [6.45, 7) is 12.9. The molecule has 0 bridgehead atoms. The fourth-order valence-electron chi connectivity index (χ4n) is 4.34. The fourth-order valence-corrected chi connectivity index (χ4v) is 4.34. The first kappa shape index (κ1) is 23.1. The monoisotopic (exact) mass is 452 g/mol. The molecule has 0 atom stereocenters. The molecule has 1 fully saturated rings. The van der Waals surface area contributed by atoms with E-state index in [1.54, 1.807) is 16.8 Å². The number of carbonyl (C=O) groups is 1. The summed E-state index contributed by atoms with van der Waals surface area (Å²) in [5.41, 5.74) is 1.94. The van der Waals surface area contributed by atoms with Crippen molar-refractivity contribution in [3.05, 3.63) is 41.6 Å². The maximum absolute atomic E-state index is 13.5. The molecule has 1 aliphatic rings. The second kappa shape index (κ2) is 9.08. The average molecular weight is 453 g/mol. The lowest BCUT2D eigenvalue weighted by Crippen LogP contribution is -2.41. The Labute approximate surface area is 194 Å². The molecule has 3 aromatic rings. The van der Waals surface area contributed by atoms with E-state index in [0.717, 1.165) is 66.4 Å². The molecule has 0 unspecified atom stereocenters. The Morgan fingerprint density at radius 1 is 1.06 bits per heavy atom. The van der Waals surface area contributed by atoms with Crippen molar-refractivity contribution in [3.8, 4) is 5.69 Å². The van der Waals surface area contributed by atoms with E-state index in [9.17, 15) is 9.18 Å². The zero-order chi connectivity index (χ0) is 23.8. The average Bonchev–Trinajstić information content (AvgIpc) is 2.94.